The lowest BCUT2D eigenvalue weighted by molar-refractivity contribution is -0.179. The fourth-order valence-corrected chi connectivity index (χ4v) is 2.45. The Bertz CT molecular complexity index is 795. The van der Waals surface area contributed by atoms with E-state index in [4.69, 9.17) is 9.47 Å². The number of aliphatic hydroxyl groups excluding tert-OH is 1. The summed E-state index contributed by atoms with van der Waals surface area (Å²) in [5, 5.41) is 11.7. The van der Waals surface area contributed by atoms with E-state index in [1.54, 1.807) is 13.8 Å². The Morgan fingerprint density at radius 1 is 1.36 bits per heavy atom. The topological polar surface area (TPSA) is 120 Å². The average molecular weight is 403 g/mol. The molecule has 3 atom stereocenters. The number of alkyl halides is 2. The van der Waals surface area contributed by atoms with E-state index < -0.39 is 54.4 Å². The molecule has 11 heteroatoms. The van der Waals surface area contributed by atoms with Crippen molar-refractivity contribution in [1.82, 2.24) is 9.55 Å². The van der Waals surface area contributed by atoms with Gasteiger partial charge in [0.15, 0.2) is 6.10 Å². The number of ether oxygens (including phenoxy) is 2. The first-order chi connectivity index (χ1) is 13.0. The van der Waals surface area contributed by atoms with Gasteiger partial charge in [-0.1, -0.05) is 27.7 Å². The van der Waals surface area contributed by atoms with E-state index in [0.29, 0.717) is 4.57 Å². The van der Waals surface area contributed by atoms with Gasteiger partial charge in [0.05, 0.1) is 12.5 Å². The predicted octanol–water partition coefficient (Wildman–Crippen LogP) is 0.931. The summed E-state index contributed by atoms with van der Waals surface area (Å²) in [6.45, 7) is 5.38. The zero-order valence-electron chi connectivity index (χ0n) is 15.9. The molecule has 0 bridgehead atoms. The Labute approximate surface area is 159 Å². The maximum Gasteiger partial charge on any atom is 0.351 e. The highest BCUT2D eigenvalue weighted by Crippen LogP contribution is 2.44. The SMILES string of the molecule is CC(C)C(=O)Nc1ccn([C@@H]2O[C@H](CO)C(OC(=O)C(C)C)C2(F)F)c(=O)n1. The minimum atomic E-state index is -3.80. The highest BCUT2D eigenvalue weighted by atomic mass is 19.3. The molecule has 1 fully saturated rings. The van der Waals surface area contributed by atoms with E-state index in [9.17, 15) is 28.3 Å². The van der Waals surface area contributed by atoms with Gasteiger partial charge in [-0.05, 0) is 6.07 Å². The smallest absolute Gasteiger partial charge is 0.351 e. The van der Waals surface area contributed by atoms with Crippen molar-refractivity contribution in [2.75, 3.05) is 11.9 Å². The van der Waals surface area contributed by atoms with Crippen LogP contribution in [-0.2, 0) is 19.1 Å². The van der Waals surface area contributed by atoms with Gasteiger partial charge in [0.25, 0.3) is 0 Å². The Hall–Kier alpha value is -2.40. The van der Waals surface area contributed by atoms with Crippen molar-refractivity contribution in [3.63, 3.8) is 0 Å². The number of hydrogen-bond acceptors (Lipinski definition) is 7. The van der Waals surface area contributed by atoms with Gasteiger partial charge in [-0.15, -0.1) is 0 Å². The molecule has 1 aliphatic rings. The molecular weight excluding hydrogens is 380 g/mol. The normalized spacial score (nSPS) is 23.8. The van der Waals surface area contributed by atoms with Crippen molar-refractivity contribution < 1.29 is 33.0 Å². The molecule has 28 heavy (non-hydrogen) atoms. The first-order valence-electron chi connectivity index (χ1n) is 8.73. The molecule has 1 amide bonds. The molecule has 2 heterocycles. The van der Waals surface area contributed by atoms with Crippen LogP contribution in [0.25, 0.3) is 0 Å². The summed E-state index contributed by atoms with van der Waals surface area (Å²) >= 11 is 0. The number of hydrogen-bond donors (Lipinski definition) is 2. The second-order valence-corrected chi connectivity index (χ2v) is 7.04. The third-order valence-electron chi connectivity index (χ3n) is 4.10. The van der Waals surface area contributed by atoms with Gasteiger partial charge in [-0.25, -0.2) is 4.79 Å². The maximum absolute atomic E-state index is 14.8. The Balaban J connectivity index is 2.30. The first kappa shape index (κ1) is 21.9. The molecule has 0 aliphatic carbocycles. The minimum Gasteiger partial charge on any atom is -0.453 e. The van der Waals surface area contributed by atoms with Gasteiger partial charge >= 0.3 is 17.6 Å². The molecule has 9 nitrogen and oxygen atoms in total. The number of carbonyl (C=O) groups is 2. The molecule has 0 spiro atoms. The van der Waals surface area contributed by atoms with Crippen molar-refractivity contribution in [3.8, 4) is 0 Å². The van der Waals surface area contributed by atoms with E-state index >= 15 is 0 Å². The molecule has 1 saturated heterocycles. The Kier molecular flexibility index (Phi) is 6.50. The number of aliphatic hydroxyl groups is 1. The summed E-state index contributed by atoms with van der Waals surface area (Å²) in [5.41, 5.74) is -1.10. The lowest BCUT2D eigenvalue weighted by Crippen LogP contribution is -2.45. The van der Waals surface area contributed by atoms with Crippen LogP contribution in [0.3, 0.4) is 0 Å². The molecule has 1 unspecified atom stereocenters. The average Bonchev–Trinajstić information content (AvgIpc) is 2.85. The number of aromatic nitrogens is 2. The van der Waals surface area contributed by atoms with Gasteiger partial charge in [-0.3, -0.25) is 14.2 Å². The molecule has 0 radical (unpaired) electrons. The van der Waals surface area contributed by atoms with Crippen LogP contribution in [-0.4, -0.2) is 51.3 Å². The lowest BCUT2D eigenvalue weighted by atomic mass is 10.1. The minimum absolute atomic E-state index is 0.0947. The fourth-order valence-electron chi connectivity index (χ4n) is 2.45. The van der Waals surface area contributed by atoms with Crippen LogP contribution in [0, 0.1) is 11.8 Å². The molecule has 1 aromatic heterocycles. The predicted molar refractivity (Wildman–Crippen MR) is 92.6 cm³/mol. The van der Waals surface area contributed by atoms with Crippen molar-refractivity contribution >= 4 is 17.7 Å². The van der Waals surface area contributed by atoms with Crippen LogP contribution in [0.15, 0.2) is 17.1 Å². The van der Waals surface area contributed by atoms with E-state index in [1.807, 2.05) is 0 Å². The van der Waals surface area contributed by atoms with Crippen molar-refractivity contribution in [3.05, 3.63) is 22.7 Å². The first-order valence-corrected chi connectivity index (χ1v) is 8.73. The third-order valence-corrected chi connectivity index (χ3v) is 4.10. The summed E-state index contributed by atoms with van der Waals surface area (Å²) in [5.74, 6) is -6.21. The van der Waals surface area contributed by atoms with Gasteiger partial charge in [0.2, 0.25) is 12.1 Å². The number of nitrogens with one attached hydrogen (secondary N) is 1. The van der Waals surface area contributed by atoms with E-state index in [0.717, 1.165) is 6.20 Å². The summed E-state index contributed by atoms with van der Waals surface area (Å²) in [4.78, 5) is 39.2. The van der Waals surface area contributed by atoms with Crippen LogP contribution < -0.4 is 11.0 Å². The van der Waals surface area contributed by atoms with Crippen LogP contribution >= 0.6 is 0 Å². The van der Waals surface area contributed by atoms with Crippen molar-refractivity contribution in [2.24, 2.45) is 11.8 Å². The quantitative estimate of drug-likeness (QED) is 0.678. The summed E-state index contributed by atoms with van der Waals surface area (Å²) in [6, 6.07) is 1.17. The number of nitrogens with zero attached hydrogens (tertiary/aromatic N) is 2. The number of amides is 1. The third kappa shape index (κ3) is 4.36. The van der Waals surface area contributed by atoms with Crippen LogP contribution in [0.4, 0.5) is 14.6 Å². The molecular formula is C17H23F2N3O6. The molecule has 0 aromatic carbocycles. The lowest BCUT2D eigenvalue weighted by Gasteiger charge is -2.24. The van der Waals surface area contributed by atoms with Crippen molar-refractivity contribution in [2.45, 2.75) is 52.1 Å². The number of halogens is 2. The second kappa shape index (κ2) is 8.31. The summed E-state index contributed by atoms with van der Waals surface area (Å²) in [6.07, 6.45) is -4.73. The Morgan fingerprint density at radius 2 is 2.00 bits per heavy atom. The Morgan fingerprint density at radius 3 is 2.50 bits per heavy atom. The molecule has 2 rings (SSSR count). The fraction of sp³-hybridized carbons (Fsp3) is 0.647. The van der Waals surface area contributed by atoms with Crippen molar-refractivity contribution in [1.29, 1.82) is 0 Å². The van der Waals surface area contributed by atoms with E-state index in [1.165, 1.54) is 19.9 Å². The number of rotatable bonds is 6. The highest BCUT2D eigenvalue weighted by molar-refractivity contribution is 5.91. The molecule has 156 valence electrons. The standard InChI is InChI=1S/C17H23F2N3O6/c1-8(2)13(24)20-11-5-6-22(16(26)21-11)15-17(18,19)12(10(7-23)27-15)28-14(25)9(3)4/h5-6,8-10,12,15,23H,7H2,1-4H3,(H,20,21,24,26)/t10-,12?,15-/m1/s1. The van der Waals surface area contributed by atoms with E-state index in [2.05, 4.69) is 10.3 Å². The number of esters is 1. The monoisotopic (exact) mass is 403 g/mol. The number of carbonyl (C=O) groups excluding carboxylic acids is 2. The molecule has 0 saturated carbocycles. The molecule has 2 N–H and O–H groups in total. The van der Waals surface area contributed by atoms with Gasteiger partial charge in [-0.2, -0.15) is 13.8 Å². The van der Waals surface area contributed by atoms with E-state index in [-0.39, 0.29) is 11.7 Å². The summed E-state index contributed by atoms with van der Waals surface area (Å²) < 4.78 is 40.1. The van der Waals surface area contributed by atoms with Crippen LogP contribution in [0.5, 0.6) is 0 Å². The maximum atomic E-state index is 14.8. The zero-order chi connectivity index (χ0) is 21.2. The number of anilines is 1. The largest absolute Gasteiger partial charge is 0.453 e. The molecule has 1 aliphatic heterocycles. The molecule has 1 aromatic rings. The zero-order valence-corrected chi connectivity index (χ0v) is 15.9. The second-order valence-electron chi connectivity index (χ2n) is 7.04. The van der Waals surface area contributed by atoms with Crippen LogP contribution in [0.2, 0.25) is 0 Å². The summed E-state index contributed by atoms with van der Waals surface area (Å²) in [7, 11) is 0. The van der Waals surface area contributed by atoms with Gasteiger partial charge < -0.3 is 19.9 Å². The highest BCUT2D eigenvalue weighted by Gasteiger charge is 2.62. The van der Waals surface area contributed by atoms with Gasteiger partial charge in [0.1, 0.15) is 11.9 Å². The van der Waals surface area contributed by atoms with Crippen LogP contribution in [0.1, 0.15) is 33.9 Å². The van der Waals surface area contributed by atoms with Gasteiger partial charge in [0, 0.05) is 12.1 Å².